The molecule has 0 saturated carbocycles. The first-order valence-electron chi connectivity index (χ1n) is 8.58. The average molecular weight is 328 g/mol. The van der Waals surface area contributed by atoms with Crippen LogP contribution in [-0.4, -0.2) is 41.1 Å². The van der Waals surface area contributed by atoms with Crippen LogP contribution in [-0.2, 0) is 6.54 Å². The third-order valence-corrected chi connectivity index (χ3v) is 3.96. The van der Waals surface area contributed by atoms with Gasteiger partial charge in [-0.25, -0.2) is 0 Å². The highest BCUT2D eigenvalue weighted by molar-refractivity contribution is 5.46. The molecule has 6 nitrogen and oxygen atoms in total. The van der Waals surface area contributed by atoms with Crippen LogP contribution in [0.4, 0.5) is 17.8 Å². The van der Waals surface area contributed by atoms with Gasteiger partial charge in [0, 0.05) is 32.7 Å². The number of nitrogens with zero attached hydrogens (tertiary/aromatic N) is 5. The fourth-order valence-electron chi connectivity index (χ4n) is 2.51. The lowest BCUT2D eigenvalue weighted by Gasteiger charge is -2.28. The fourth-order valence-corrected chi connectivity index (χ4v) is 2.51. The summed E-state index contributed by atoms with van der Waals surface area (Å²) in [5.74, 6) is 2.02. The molecule has 1 N–H and O–H groups in total. The minimum absolute atomic E-state index is 0.280. The molecule has 1 heterocycles. The van der Waals surface area contributed by atoms with Gasteiger partial charge in [-0.15, -0.1) is 0 Å². The van der Waals surface area contributed by atoms with E-state index < -0.39 is 0 Å². The summed E-state index contributed by atoms with van der Waals surface area (Å²) in [5.41, 5.74) is 1.24. The molecule has 0 atom stereocenters. The summed E-state index contributed by atoms with van der Waals surface area (Å²) in [4.78, 5) is 18.2. The molecule has 0 saturated heterocycles. The molecule has 0 bridgehead atoms. The van der Waals surface area contributed by atoms with Gasteiger partial charge in [0.25, 0.3) is 0 Å². The number of aromatic nitrogens is 3. The summed E-state index contributed by atoms with van der Waals surface area (Å²) in [6, 6.07) is 10.7. The highest BCUT2D eigenvalue weighted by Crippen LogP contribution is 2.20. The number of rotatable bonds is 8. The molecule has 0 radical (unpaired) electrons. The zero-order valence-corrected chi connectivity index (χ0v) is 15.3. The normalized spacial score (nSPS) is 10.8. The molecule has 130 valence electrons. The molecule has 2 aromatic rings. The van der Waals surface area contributed by atoms with Gasteiger partial charge in [0.1, 0.15) is 0 Å². The van der Waals surface area contributed by atoms with Gasteiger partial charge >= 0.3 is 0 Å². The Labute approximate surface area is 145 Å². The Morgan fingerprint density at radius 2 is 1.58 bits per heavy atom. The van der Waals surface area contributed by atoms with E-state index in [9.17, 15) is 0 Å². The minimum atomic E-state index is 0.280. The quantitative estimate of drug-likeness (QED) is 0.803. The molecule has 0 aliphatic rings. The summed E-state index contributed by atoms with van der Waals surface area (Å²) in [6.45, 7) is 11.0. The van der Waals surface area contributed by atoms with Gasteiger partial charge in [-0.2, -0.15) is 15.0 Å². The van der Waals surface area contributed by atoms with Gasteiger partial charge in [-0.3, -0.25) is 0 Å². The van der Waals surface area contributed by atoms with Crippen molar-refractivity contribution in [2.24, 2.45) is 0 Å². The zero-order chi connectivity index (χ0) is 17.5. The van der Waals surface area contributed by atoms with Gasteiger partial charge in [-0.1, -0.05) is 30.3 Å². The zero-order valence-electron chi connectivity index (χ0n) is 15.3. The molecule has 0 aliphatic carbocycles. The van der Waals surface area contributed by atoms with Gasteiger partial charge in [-0.05, 0) is 33.3 Å². The van der Waals surface area contributed by atoms with Crippen LogP contribution in [0, 0.1) is 0 Å². The van der Waals surface area contributed by atoms with Crippen molar-refractivity contribution in [1.29, 1.82) is 0 Å². The van der Waals surface area contributed by atoms with Crippen molar-refractivity contribution in [3.05, 3.63) is 35.9 Å². The van der Waals surface area contributed by atoms with Crippen molar-refractivity contribution in [2.45, 2.75) is 40.3 Å². The Balaban J connectivity index is 2.39. The lowest BCUT2D eigenvalue weighted by molar-refractivity contribution is 0.656. The first kappa shape index (κ1) is 18.0. The standard InChI is InChI=1S/C18H28N6/c1-6-23(7-2)17-20-16(19-5)21-18(22-17)24(14(3)4)13-15-11-9-8-10-12-15/h8-12,14H,6-7,13H2,1-5H3,(H,19,20,21,22). The van der Waals surface area contributed by atoms with Gasteiger partial charge in [0.2, 0.25) is 17.8 Å². The highest BCUT2D eigenvalue weighted by Gasteiger charge is 2.18. The molecule has 1 aromatic carbocycles. The first-order chi connectivity index (χ1) is 11.6. The van der Waals surface area contributed by atoms with E-state index in [0.717, 1.165) is 19.6 Å². The molecule has 0 unspecified atom stereocenters. The van der Waals surface area contributed by atoms with E-state index in [1.807, 2.05) is 13.1 Å². The number of anilines is 3. The van der Waals surface area contributed by atoms with E-state index in [4.69, 9.17) is 4.98 Å². The smallest absolute Gasteiger partial charge is 0.232 e. The van der Waals surface area contributed by atoms with Gasteiger partial charge < -0.3 is 15.1 Å². The Bertz CT molecular complexity index is 625. The number of hydrogen-bond donors (Lipinski definition) is 1. The Hall–Kier alpha value is -2.37. The van der Waals surface area contributed by atoms with E-state index in [-0.39, 0.29) is 6.04 Å². The maximum Gasteiger partial charge on any atom is 0.232 e. The van der Waals surface area contributed by atoms with Gasteiger partial charge in [0.15, 0.2) is 0 Å². The van der Waals surface area contributed by atoms with E-state index in [0.29, 0.717) is 17.8 Å². The average Bonchev–Trinajstić information content (AvgIpc) is 2.61. The van der Waals surface area contributed by atoms with Crippen LogP contribution in [0.15, 0.2) is 30.3 Å². The van der Waals surface area contributed by atoms with Crippen LogP contribution in [0.25, 0.3) is 0 Å². The van der Waals surface area contributed by atoms with E-state index >= 15 is 0 Å². The van der Waals surface area contributed by atoms with E-state index in [1.165, 1.54) is 5.56 Å². The van der Waals surface area contributed by atoms with Crippen LogP contribution < -0.4 is 15.1 Å². The monoisotopic (exact) mass is 328 g/mol. The van der Waals surface area contributed by atoms with E-state index in [1.54, 1.807) is 0 Å². The molecule has 0 spiro atoms. The third-order valence-electron chi connectivity index (χ3n) is 3.96. The van der Waals surface area contributed by atoms with Crippen LogP contribution in [0.3, 0.4) is 0 Å². The van der Waals surface area contributed by atoms with Gasteiger partial charge in [0.05, 0.1) is 0 Å². The first-order valence-corrected chi connectivity index (χ1v) is 8.58. The minimum Gasteiger partial charge on any atom is -0.357 e. The molecule has 1 aromatic heterocycles. The Morgan fingerprint density at radius 3 is 2.12 bits per heavy atom. The topological polar surface area (TPSA) is 57.2 Å². The second-order valence-electron chi connectivity index (χ2n) is 5.89. The van der Waals surface area contributed by atoms with Crippen molar-refractivity contribution in [3.63, 3.8) is 0 Å². The molecule has 2 rings (SSSR count). The van der Waals surface area contributed by atoms with Crippen molar-refractivity contribution in [2.75, 3.05) is 35.3 Å². The second-order valence-corrected chi connectivity index (χ2v) is 5.89. The van der Waals surface area contributed by atoms with Crippen LogP contribution >= 0.6 is 0 Å². The largest absolute Gasteiger partial charge is 0.357 e. The SMILES string of the molecule is CCN(CC)c1nc(NC)nc(N(Cc2ccccc2)C(C)C)n1. The fraction of sp³-hybridized carbons (Fsp3) is 0.500. The molecule has 0 amide bonds. The van der Waals surface area contributed by atoms with Crippen LogP contribution in [0.2, 0.25) is 0 Å². The predicted octanol–water partition coefficient (Wildman–Crippen LogP) is 3.17. The number of benzene rings is 1. The number of nitrogens with one attached hydrogen (secondary N) is 1. The third kappa shape index (κ3) is 4.34. The molecule has 0 aliphatic heterocycles. The Morgan fingerprint density at radius 1 is 0.958 bits per heavy atom. The van der Waals surface area contributed by atoms with Crippen molar-refractivity contribution < 1.29 is 0 Å². The molecule has 6 heteroatoms. The lowest BCUT2D eigenvalue weighted by atomic mass is 10.2. The molecule has 0 fully saturated rings. The maximum absolute atomic E-state index is 4.73. The summed E-state index contributed by atoms with van der Waals surface area (Å²) in [5, 5.41) is 3.05. The summed E-state index contributed by atoms with van der Waals surface area (Å²) in [7, 11) is 1.84. The molecular formula is C18H28N6. The second kappa shape index (κ2) is 8.47. The lowest BCUT2D eigenvalue weighted by Crippen LogP contribution is -2.33. The molecular weight excluding hydrogens is 300 g/mol. The van der Waals surface area contributed by atoms with Crippen molar-refractivity contribution in [1.82, 2.24) is 15.0 Å². The van der Waals surface area contributed by atoms with Crippen molar-refractivity contribution in [3.8, 4) is 0 Å². The number of hydrogen-bond acceptors (Lipinski definition) is 6. The van der Waals surface area contributed by atoms with E-state index in [2.05, 4.69) is 77.0 Å². The summed E-state index contributed by atoms with van der Waals surface area (Å²) >= 11 is 0. The summed E-state index contributed by atoms with van der Waals surface area (Å²) < 4.78 is 0. The highest BCUT2D eigenvalue weighted by atomic mass is 15.4. The predicted molar refractivity (Wildman–Crippen MR) is 101 cm³/mol. The van der Waals surface area contributed by atoms with Crippen LogP contribution in [0.1, 0.15) is 33.3 Å². The maximum atomic E-state index is 4.73. The van der Waals surface area contributed by atoms with Crippen molar-refractivity contribution >= 4 is 17.8 Å². The Kier molecular flexibility index (Phi) is 6.35. The van der Waals surface area contributed by atoms with Crippen LogP contribution in [0.5, 0.6) is 0 Å². The summed E-state index contributed by atoms with van der Waals surface area (Å²) in [6.07, 6.45) is 0. The molecule has 24 heavy (non-hydrogen) atoms.